The SMILES string of the molecule is COC(C)C(=O)NC(C)(CN)c1ccccc1. The van der Waals surface area contributed by atoms with E-state index in [0.717, 1.165) is 5.56 Å². The minimum Gasteiger partial charge on any atom is -0.372 e. The first-order valence-corrected chi connectivity index (χ1v) is 5.64. The minimum absolute atomic E-state index is 0.163. The fourth-order valence-corrected chi connectivity index (χ4v) is 1.53. The molecule has 1 aromatic carbocycles. The van der Waals surface area contributed by atoms with Crippen LogP contribution in [0.2, 0.25) is 0 Å². The van der Waals surface area contributed by atoms with Crippen molar-refractivity contribution in [3.8, 4) is 0 Å². The zero-order valence-electron chi connectivity index (χ0n) is 10.6. The predicted molar refractivity (Wildman–Crippen MR) is 67.5 cm³/mol. The Morgan fingerprint density at radius 1 is 1.47 bits per heavy atom. The van der Waals surface area contributed by atoms with Crippen molar-refractivity contribution in [2.45, 2.75) is 25.5 Å². The number of carbonyl (C=O) groups excluding carboxylic acids is 1. The Morgan fingerprint density at radius 2 is 2.06 bits per heavy atom. The average molecular weight is 236 g/mol. The van der Waals surface area contributed by atoms with Crippen molar-refractivity contribution < 1.29 is 9.53 Å². The maximum absolute atomic E-state index is 11.8. The topological polar surface area (TPSA) is 64.3 Å². The van der Waals surface area contributed by atoms with Gasteiger partial charge in [-0.2, -0.15) is 0 Å². The summed E-state index contributed by atoms with van der Waals surface area (Å²) in [5.74, 6) is -0.163. The smallest absolute Gasteiger partial charge is 0.249 e. The van der Waals surface area contributed by atoms with E-state index in [2.05, 4.69) is 5.32 Å². The van der Waals surface area contributed by atoms with E-state index in [-0.39, 0.29) is 5.91 Å². The van der Waals surface area contributed by atoms with Crippen LogP contribution in [0.25, 0.3) is 0 Å². The molecule has 0 radical (unpaired) electrons. The van der Waals surface area contributed by atoms with Gasteiger partial charge in [-0.3, -0.25) is 4.79 Å². The Morgan fingerprint density at radius 3 is 2.53 bits per heavy atom. The van der Waals surface area contributed by atoms with Crippen LogP contribution in [0.3, 0.4) is 0 Å². The summed E-state index contributed by atoms with van der Waals surface area (Å²) in [7, 11) is 1.51. The first-order chi connectivity index (χ1) is 8.03. The van der Waals surface area contributed by atoms with Crippen molar-refractivity contribution in [3.05, 3.63) is 35.9 Å². The summed E-state index contributed by atoms with van der Waals surface area (Å²) in [5.41, 5.74) is 6.19. The largest absolute Gasteiger partial charge is 0.372 e. The van der Waals surface area contributed by atoms with Crippen molar-refractivity contribution in [1.29, 1.82) is 0 Å². The van der Waals surface area contributed by atoms with E-state index in [1.165, 1.54) is 7.11 Å². The number of amides is 1. The van der Waals surface area contributed by atoms with E-state index in [9.17, 15) is 4.79 Å². The molecule has 0 aromatic heterocycles. The van der Waals surface area contributed by atoms with Crippen molar-refractivity contribution in [3.63, 3.8) is 0 Å². The molecule has 0 saturated carbocycles. The number of nitrogens with two attached hydrogens (primary N) is 1. The zero-order chi connectivity index (χ0) is 12.9. The van der Waals surface area contributed by atoms with Crippen molar-refractivity contribution >= 4 is 5.91 Å². The van der Waals surface area contributed by atoms with Gasteiger partial charge in [-0.25, -0.2) is 0 Å². The molecule has 17 heavy (non-hydrogen) atoms. The second kappa shape index (κ2) is 5.80. The highest BCUT2D eigenvalue weighted by atomic mass is 16.5. The monoisotopic (exact) mass is 236 g/mol. The van der Waals surface area contributed by atoms with Gasteiger partial charge in [0.25, 0.3) is 0 Å². The lowest BCUT2D eigenvalue weighted by Gasteiger charge is -2.31. The van der Waals surface area contributed by atoms with Crippen LogP contribution in [0.15, 0.2) is 30.3 Å². The van der Waals surface area contributed by atoms with Gasteiger partial charge in [-0.15, -0.1) is 0 Å². The number of hydrogen-bond donors (Lipinski definition) is 2. The molecular formula is C13H20N2O2. The highest BCUT2D eigenvalue weighted by Crippen LogP contribution is 2.19. The van der Waals surface area contributed by atoms with Gasteiger partial charge in [0.2, 0.25) is 5.91 Å². The molecule has 1 aromatic rings. The molecule has 0 aliphatic carbocycles. The molecule has 4 nitrogen and oxygen atoms in total. The van der Waals surface area contributed by atoms with Crippen LogP contribution in [0.1, 0.15) is 19.4 Å². The summed E-state index contributed by atoms with van der Waals surface area (Å²) >= 11 is 0. The number of rotatable bonds is 5. The van der Waals surface area contributed by atoms with Crippen LogP contribution in [-0.4, -0.2) is 25.7 Å². The van der Waals surface area contributed by atoms with Crippen LogP contribution in [0.5, 0.6) is 0 Å². The van der Waals surface area contributed by atoms with E-state index in [4.69, 9.17) is 10.5 Å². The Kier molecular flexibility index (Phi) is 4.66. The Bertz CT molecular complexity index is 367. The lowest BCUT2D eigenvalue weighted by atomic mass is 9.92. The normalized spacial score (nSPS) is 16.0. The van der Waals surface area contributed by atoms with Crippen LogP contribution in [0, 0.1) is 0 Å². The number of carbonyl (C=O) groups is 1. The molecule has 0 bridgehead atoms. The fourth-order valence-electron chi connectivity index (χ4n) is 1.53. The third-order valence-corrected chi connectivity index (χ3v) is 2.94. The van der Waals surface area contributed by atoms with E-state index in [1.54, 1.807) is 6.92 Å². The van der Waals surface area contributed by atoms with Crippen LogP contribution < -0.4 is 11.1 Å². The summed E-state index contributed by atoms with van der Waals surface area (Å²) in [6.45, 7) is 3.94. The predicted octanol–water partition coefficient (Wildman–Crippen LogP) is 1.01. The van der Waals surface area contributed by atoms with Gasteiger partial charge >= 0.3 is 0 Å². The average Bonchev–Trinajstić information content (AvgIpc) is 2.38. The third-order valence-electron chi connectivity index (χ3n) is 2.94. The molecule has 1 rings (SSSR count). The first-order valence-electron chi connectivity index (χ1n) is 5.64. The Hall–Kier alpha value is -1.39. The van der Waals surface area contributed by atoms with Gasteiger partial charge in [0, 0.05) is 13.7 Å². The Labute approximate surface area is 102 Å². The van der Waals surface area contributed by atoms with Crippen molar-refractivity contribution in [2.24, 2.45) is 5.73 Å². The van der Waals surface area contributed by atoms with Crippen LogP contribution in [0.4, 0.5) is 0 Å². The van der Waals surface area contributed by atoms with E-state index < -0.39 is 11.6 Å². The van der Waals surface area contributed by atoms with E-state index in [0.29, 0.717) is 6.54 Å². The number of nitrogens with one attached hydrogen (secondary N) is 1. The van der Waals surface area contributed by atoms with Gasteiger partial charge < -0.3 is 15.8 Å². The molecule has 2 unspecified atom stereocenters. The molecule has 0 spiro atoms. The highest BCUT2D eigenvalue weighted by molar-refractivity contribution is 5.81. The van der Waals surface area contributed by atoms with Crippen molar-refractivity contribution in [2.75, 3.05) is 13.7 Å². The summed E-state index contributed by atoms with van der Waals surface area (Å²) in [6.07, 6.45) is -0.482. The molecule has 4 heteroatoms. The van der Waals surface area contributed by atoms with E-state index >= 15 is 0 Å². The zero-order valence-corrected chi connectivity index (χ0v) is 10.6. The number of methoxy groups -OCH3 is 1. The lowest BCUT2D eigenvalue weighted by molar-refractivity contribution is -0.131. The van der Waals surface area contributed by atoms with Crippen molar-refractivity contribution in [1.82, 2.24) is 5.32 Å². The fraction of sp³-hybridized carbons (Fsp3) is 0.462. The Balaban J connectivity index is 2.87. The molecule has 1 amide bonds. The molecule has 0 fully saturated rings. The standard InChI is InChI=1S/C13H20N2O2/c1-10(17-3)12(16)15-13(2,9-14)11-7-5-4-6-8-11/h4-8,10H,9,14H2,1-3H3,(H,15,16). The maximum Gasteiger partial charge on any atom is 0.249 e. The van der Waals surface area contributed by atoms with Crippen LogP contribution >= 0.6 is 0 Å². The number of hydrogen-bond acceptors (Lipinski definition) is 3. The number of benzene rings is 1. The summed E-state index contributed by atoms with van der Waals surface area (Å²) in [5, 5.41) is 2.92. The molecule has 0 aliphatic heterocycles. The summed E-state index contributed by atoms with van der Waals surface area (Å²) in [4.78, 5) is 11.8. The van der Waals surface area contributed by atoms with Gasteiger partial charge in [0.1, 0.15) is 6.10 Å². The first kappa shape index (κ1) is 13.7. The van der Waals surface area contributed by atoms with Gasteiger partial charge in [0.15, 0.2) is 0 Å². The van der Waals surface area contributed by atoms with Gasteiger partial charge in [-0.1, -0.05) is 30.3 Å². The lowest BCUT2D eigenvalue weighted by Crippen LogP contribution is -2.51. The summed E-state index contributed by atoms with van der Waals surface area (Å²) in [6, 6.07) is 9.68. The van der Waals surface area contributed by atoms with Crippen LogP contribution in [-0.2, 0) is 15.1 Å². The molecule has 0 heterocycles. The summed E-state index contributed by atoms with van der Waals surface area (Å²) < 4.78 is 4.99. The van der Waals surface area contributed by atoms with Gasteiger partial charge in [0.05, 0.1) is 5.54 Å². The number of ether oxygens (including phenoxy) is 1. The van der Waals surface area contributed by atoms with E-state index in [1.807, 2.05) is 37.3 Å². The molecule has 0 saturated heterocycles. The second-order valence-corrected chi connectivity index (χ2v) is 4.27. The van der Waals surface area contributed by atoms with Gasteiger partial charge in [-0.05, 0) is 19.4 Å². The molecule has 0 aliphatic rings. The molecule has 2 atom stereocenters. The maximum atomic E-state index is 11.8. The minimum atomic E-state index is -0.564. The highest BCUT2D eigenvalue weighted by Gasteiger charge is 2.28. The third kappa shape index (κ3) is 3.28. The quantitative estimate of drug-likeness (QED) is 0.802. The molecule has 94 valence electrons. The molecule has 3 N–H and O–H groups in total. The second-order valence-electron chi connectivity index (χ2n) is 4.27. The molecular weight excluding hydrogens is 216 g/mol.